The summed E-state index contributed by atoms with van der Waals surface area (Å²) in [5, 5.41) is 0. The van der Waals surface area contributed by atoms with Crippen LogP contribution in [0.25, 0.3) is 0 Å². The third kappa shape index (κ3) is 5.45. The molecule has 0 radical (unpaired) electrons. The zero-order valence-electron chi connectivity index (χ0n) is 12.2. The van der Waals surface area contributed by atoms with E-state index in [2.05, 4.69) is 18.7 Å². The first-order valence-electron chi connectivity index (χ1n) is 7.37. The average molecular weight is 285 g/mol. The number of amides is 1. The van der Waals surface area contributed by atoms with Crippen molar-refractivity contribution in [3.63, 3.8) is 0 Å². The highest BCUT2D eigenvalue weighted by Crippen LogP contribution is 2.17. The van der Waals surface area contributed by atoms with Gasteiger partial charge in [-0.25, -0.2) is 0 Å². The molecule has 0 aromatic carbocycles. The maximum Gasteiger partial charge on any atom is 0.225 e. The molecule has 0 bridgehead atoms. The molecule has 1 amide bonds. The first-order valence-corrected chi connectivity index (χ1v) is 7.78. The van der Waals surface area contributed by atoms with Gasteiger partial charge in [-0.3, -0.25) is 9.69 Å². The van der Waals surface area contributed by atoms with E-state index in [-0.39, 0.29) is 5.92 Å². The van der Waals surface area contributed by atoms with Gasteiger partial charge < -0.3 is 10.6 Å². The van der Waals surface area contributed by atoms with Crippen LogP contribution in [0, 0.1) is 5.92 Å². The first-order chi connectivity index (χ1) is 9.08. The van der Waals surface area contributed by atoms with Crippen LogP contribution >= 0.6 is 12.2 Å². The molecule has 1 heterocycles. The fourth-order valence-electron chi connectivity index (χ4n) is 2.56. The van der Waals surface area contributed by atoms with Crippen LogP contribution in [0.1, 0.15) is 39.5 Å². The molecule has 0 aromatic heterocycles. The third-order valence-electron chi connectivity index (χ3n) is 3.81. The van der Waals surface area contributed by atoms with E-state index in [0.717, 1.165) is 51.9 Å². The number of hydrogen-bond donors (Lipinski definition) is 1. The van der Waals surface area contributed by atoms with Crippen LogP contribution in [0.2, 0.25) is 0 Å². The number of piperazine rings is 1. The van der Waals surface area contributed by atoms with Crippen molar-refractivity contribution in [2.45, 2.75) is 39.5 Å². The van der Waals surface area contributed by atoms with Gasteiger partial charge in [-0.1, -0.05) is 38.9 Å². The molecular weight excluding hydrogens is 258 g/mol. The minimum absolute atomic E-state index is 0.210. The van der Waals surface area contributed by atoms with Crippen molar-refractivity contribution in [1.82, 2.24) is 9.80 Å². The number of unbranched alkanes of at least 4 members (excludes halogenated alkanes) is 1. The van der Waals surface area contributed by atoms with Crippen molar-refractivity contribution in [3.8, 4) is 0 Å². The second-order valence-corrected chi connectivity index (χ2v) is 5.84. The molecule has 110 valence electrons. The van der Waals surface area contributed by atoms with Gasteiger partial charge in [0.1, 0.15) is 0 Å². The summed E-state index contributed by atoms with van der Waals surface area (Å²) in [7, 11) is 0. The monoisotopic (exact) mass is 285 g/mol. The van der Waals surface area contributed by atoms with Crippen molar-refractivity contribution in [2.75, 3.05) is 32.7 Å². The van der Waals surface area contributed by atoms with Crippen LogP contribution in [0.4, 0.5) is 0 Å². The molecule has 1 unspecified atom stereocenters. The maximum absolute atomic E-state index is 12.4. The van der Waals surface area contributed by atoms with Gasteiger partial charge >= 0.3 is 0 Å². The Balaban J connectivity index is 2.40. The zero-order chi connectivity index (χ0) is 14.3. The van der Waals surface area contributed by atoms with Crippen LogP contribution in [0.15, 0.2) is 0 Å². The third-order valence-corrected chi connectivity index (χ3v) is 3.94. The number of rotatable bonds is 7. The molecule has 5 heteroatoms. The van der Waals surface area contributed by atoms with Crippen molar-refractivity contribution in [3.05, 3.63) is 0 Å². The Bertz CT molecular complexity index is 301. The van der Waals surface area contributed by atoms with Gasteiger partial charge in [-0.05, 0) is 12.8 Å². The molecule has 2 N–H and O–H groups in total. The molecule has 0 aromatic rings. The van der Waals surface area contributed by atoms with Crippen molar-refractivity contribution in [2.24, 2.45) is 11.7 Å². The number of nitrogens with two attached hydrogens (primary N) is 1. The van der Waals surface area contributed by atoms with E-state index in [4.69, 9.17) is 18.0 Å². The summed E-state index contributed by atoms with van der Waals surface area (Å²) >= 11 is 4.92. The highest BCUT2D eigenvalue weighted by atomic mass is 32.1. The number of carbonyl (C=O) groups is 1. The lowest BCUT2D eigenvalue weighted by atomic mass is 9.97. The van der Waals surface area contributed by atoms with E-state index in [9.17, 15) is 4.79 Å². The average Bonchev–Trinajstić information content (AvgIpc) is 2.39. The van der Waals surface area contributed by atoms with E-state index in [1.807, 2.05) is 4.90 Å². The maximum atomic E-state index is 12.4. The summed E-state index contributed by atoms with van der Waals surface area (Å²) in [5.74, 6) is 0.549. The zero-order valence-corrected chi connectivity index (χ0v) is 13.0. The van der Waals surface area contributed by atoms with E-state index in [1.165, 1.54) is 0 Å². The van der Waals surface area contributed by atoms with Crippen LogP contribution in [-0.2, 0) is 4.79 Å². The highest BCUT2D eigenvalue weighted by molar-refractivity contribution is 7.80. The Morgan fingerprint density at radius 1 is 1.26 bits per heavy atom. The van der Waals surface area contributed by atoms with Crippen LogP contribution < -0.4 is 5.73 Å². The molecule has 19 heavy (non-hydrogen) atoms. The van der Waals surface area contributed by atoms with E-state index in [0.29, 0.717) is 17.4 Å². The first kappa shape index (κ1) is 16.4. The summed E-state index contributed by atoms with van der Waals surface area (Å²) in [6.07, 6.45) is 4.28. The molecular formula is C14H27N3OS. The molecule has 1 saturated heterocycles. The predicted octanol–water partition coefficient (Wildman–Crippen LogP) is 1.63. The Morgan fingerprint density at radius 3 is 2.37 bits per heavy atom. The predicted molar refractivity (Wildman–Crippen MR) is 83.1 cm³/mol. The molecule has 4 nitrogen and oxygen atoms in total. The number of nitrogens with zero attached hydrogens (tertiary/aromatic N) is 2. The van der Waals surface area contributed by atoms with Gasteiger partial charge in [0.2, 0.25) is 5.91 Å². The molecule has 1 aliphatic heterocycles. The molecule has 1 fully saturated rings. The fraction of sp³-hybridized carbons (Fsp3) is 0.857. The second kappa shape index (κ2) is 8.48. The molecule has 0 saturated carbocycles. The normalized spacial score (nSPS) is 18.3. The largest absolute Gasteiger partial charge is 0.392 e. The minimum Gasteiger partial charge on any atom is -0.392 e. The van der Waals surface area contributed by atoms with Crippen LogP contribution in [0.5, 0.6) is 0 Å². The Kier molecular flexibility index (Phi) is 7.31. The minimum atomic E-state index is 0.210. The Morgan fingerprint density at radius 2 is 1.89 bits per heavy atom. The summed E-state index contributed by atoms with van der Waals surface area (Å²) < 4.78 is 0. The molecule has 0 spiro atoms. The lowest BCUT2D eigenvalue weighted by Gasteiger charge is -2.36. The van der Waals surface area contributed by atoms with Crippen LogP contribution in [0.3, 0.4) is 0 Å². The fourth-order valence-corrected chi connectivity index (χ4v) is 2.74. The van der Waals surface area contributed by atoms with Crippen molar-refractivity contribution < 1.29 is 4.79 Å². The smallest absolute Gasteiger partial charge is 0.225 e. The topological polar surface area (TPSA) is 49.6 Å². The van der Waals surface area contributed by atoms with E-state index < -0.39 is 0 Å². The van der Waals surface area contributed by atoms with Gasteiger partial charge in [0.15, 0.2) is 0 Å². The lowest BCUT2D eigenvalue weighted by Crippen LogP contribution is -2.51. The quantitative estimate of drug-likeness (QED) is 0.722. The Labute approximate surface area is 122 Å². The van der Waals surface area contributed by atoms with Gasteiger partial charge in [0, 0.05) is 38.6 Å². The van der Waals surface area contributed by atoms with Gasteiger partial charge in [-0.2, -0.15) is 0 Å². The molecule has 0 aliphatic carbocycles. The van der Waals surface area contributed by atoms with Crippen LogP contribution in [-0.4, -0.2) is 53.4 Å². The summed E-state index contributed by atoms with van der Waals surface area (Å²) in [6.45, 7) is 8.34. The van der Waals surface area contributed by atoms with Crippen molar-refractivity contribution >= 4 is 23.1 Å². The SMILES string of the molecule is CCCCC(CC)C(=O)N1CCN(CC(N)=S)CC1. The van der Waals surface area contributed by atoms with Gasteiger partial charge in [-0.15, -0.1) is 0 Å². The standard InChI is InChI=1S/C14H27N3OS/c1-3-5-6-12(4-2)14(18)17-9-7-16(8-10-17)11-13(15)19/h12H,3-11H2,1-2H3,(H2,15,19). The Hall–Kier alpha value is -0.680. The number of carbonyl (C=O) groups excluding carboxylic acids is 1. The van der Waals surface area contributed by atoms with Gasteiger partial charge in [0.25, 0.3) is 0 Å². The van der Waals surface area contributed by atoms with Gasteiger partial charge in [0.05, 0.1) is 4.99 Å². The van der Waals surface area contributed by atoms with E-state index >= 15 is 0 Å². The highest BCUT2D eigenvalue weighted by Gasteiger charge is 2.25. The lowest BCUT2D eigenvalue weighted by molar-refractivity contribution is -0.137. The molecule has 1 atom stereocenters. The van der Waals surface area contributed by atoms with E-state index in [1.54, 1.807) is 0 Å². The second-order valence-electron chi connectivity index (χ2n) is 5.32. The van der Waals surface area contributed by atoms with Crippen molar-refractivity contribution in [1.29, 1.82) is 0 Å². The number of thiocarbonyl (C=S) groups is 1. The number of hydrogen-bond acceptors (Lipinski definition) is 3. The molecule has 1 rings (SSSR count). The summed E-state index contributed by atoms with van der Waals surface area (Å²) in [6, 6.07) is 0. The summed E-state index contributed by atoms with van der Waals surface area (Å²) in [4.78, 5) is 17.2. The molecule has 1 aliphatic rings. The summed E-state index contributed by atoms with van der Waals surface area (Å²) in [5.41, 5.74) is 5.55.